The zero-order valence-electron chi connectivity index (χ0n) is 14.9. The van der Waals surface area contributed by atoms with Gasteiger partial charge in [-0.25, -0.2) is 0 Å². The average Bonchev–Trinajstić information content (AvgIpc) is 2.46. The van der Waals surface area contributed by atoms with Gasteiger partial charge in [-0.2, -0.15) is 0 Å². The van der Waals surface area contributed by atoms with E-state index in [1.54, 1.807) is 0 Å². The Balaban J connectivity index is 0.00000288. The van der Waals surface area contributed by atoms with Crippen LogP contribution in [0.15, 0.2) is 24.3 Å². The highest BCUT2D eigenvalue weighted by Crippen LogP contribution is 2.17. The van der Waals surface area contributed by atoms with E-state index in [9.17, 15) is 4.79 Å². The molecule has 3 unspecified atom stereocenters. The van der Waals surface area contributed by atoms with Crippen molar-refractivity contribution >= 4 is 36.4 Å². The van der Waals surface area contributed by atoms with E-state index in [2.05, 4.69) is 30.1 Å². The van der Waals surface area contributed by atoms with Gasteiger partial charge in [-0.15, -0.1) is 24.8 Å². The van der Waals surface area contributed by atoms with Gasteiger partial charge in [0, 0.05) is 32.4 Å². The predicted octanol–water partition coefficient (Wildman–Crippen LogP) is 2.05. The zero-order valence-corrected chi connectivity index (χ0v) is 16.6. The summed E-state index contributed by atoms with van der Waals surface area (Å²) < 4.78 is 10.7. The van der Waals surface area contributed by atoms with Gasteiger partial charge in [0.05, 0.1) is 18.8 Å². The Labute approximate surface area is 162 Å². The number of morpholine rings is 1. The molecular formula is C17H29Cl2N3O3. The number of carbonyl (C=O) groups is 1. The number of halogens is 2. The molecule has 0 aliphatic carbocycles. The van der Waals surface area contributed by atoms with Crippen molar-refractivity contribution in [2.24, 2.45) is 5.73 Å². The van der Waals surface area contributed by atoms with Gasteiger partial charge in [0.2, 0.25) is 5.91 Å². The second-order valence-corrected chi connectivity index (χ2v) is 6.20. The van der Waals surface area contributed by atoms with E-state index >= 15 is 0 Å². The monoisotopic (exact) mass is 393 g/mol. The fourth-order valence-electron chi connectivity index (χ4n) is 2.91. The summed E-state index contributed by atoms with van der Waals surface area (Å²) in [7, 11) is 1.53. The van der Waals surface area contributed by atoms with E-state index in [-0.39, 0.29) is 49.5 Å². The maximum atomic E-state index is 11.9. The number of amides is 1. The highest BCUT2D eigenvalue weighted by Gasteiger charge is 2.22. The molecule has 6 nitrogen and oxygen atoms in total. The van der Waals surface area contributed by atoms with Crippen molar-refractivity contribution in [2.45, 2.75) is 38.6 Å². The summed E-state index contributed by atoms with van der Waals surface area (Å²) in [6.07, 6.45) is 0.488. The minimum atomic E-state index is -0.662. The molecule has 0 aromatic heterocycles. The number of hydrogen-bond donors (Lipinski definition) is 2. The largest absolute Gasteiger partial charge is 0.383 e. The summed E-state index contributed by atoms with van der Waals surface area (Å²) in [5.74, 6) is -0.238. The fourth-order valence-corrected chi connectivity index (χ4v) is 2.91. The van der Waals surface area contributed by atoms with Crippen molar-refractivity contribution in [1.82, 2.24) is 4.90 Å². The highest BCUT2D eigenvalue weighted by atomic mass is 35.5. The van der Waals surface area contributed by atoms with Gasteiger partial charge in [0.15, 0.2) is 0 Å². The lowest BCUT2D eigenvalue weighted by Crippen LogP contribution is -2.44. The second-order valence-electron chi connectivity index (χ2n) is 6.20. The minimum Gasteiger partial charge on any atom is -0.383 e. The van der Waals surface area contributed by atoms with Crippen molar-refractivity contribution < 1.29 is 14.3 Å². The predicted molar refractivity (Wildman–Crippen MR) is 105 cm³/mol. The van der Waals surface area contributed by atoms with E-state index in [1.807, 2.05) is 18.2 Å². The molecule has 3 N–H and O–H groups in total. The molecule has 1 saturated heterocycles. The third-order valence-corrected chi connectivity index (χ3v) is 3.78. The van der Waals surface area contributed by atoms with Crippen LogP contribution in [-0.4, -0.2) is 55.9 Å². The third-order valence-electron chi connectivity index (χ3n) is 3.78. The molecule has 1 amide bonds. The van der Waals surface area contributed by atoms with Crippen LogP contribution in [-0.2, 0) is 20.8 Å². The van der Waals surface area contributed by atoms with Gasteiger partial charge >= 0.3 is 0 Å². The van der Waals surface area contributed by atoms with E-state index in [0.29, 0.717) is 0 Å². The molecule has 0 spiro atoms. The van der Waals surface area contributed by atoms with E-state index in [0.717, 1.165) is 30.9 Å². The molecule has 1 heterocycles. The molecule has 1 aromatic carbocycles. The Morgan fingerprint density at radius 2 is 2.00 bits per heavy atom. The van der Waals surface area contributed by atoms with Crippen LogP contribution in [0.25, 0.3) is 0 Å². The van der Waals surface area contributed by atoms with Crippen LogP contribution in [0.4, 0.5) is 5.69 Å². The van der Waals surface area contributed by atoms with Crippen LogP contribution in [0.5, 0.6) is 0 Å². The molecule has 1 fully saturated rings. The smallest absolute Gasteiger partial charge is 0.243 e. The number of nitrogens with zero attached hydrogens (tertiary/aromatic N) is 1. The molecular weight excluding hydrogens is 365 g/mol. The SMILES string of the molecule is COCC(N)C(=O)Nc1cccc(CN2CC(C)OC(C)C2)c1.Cl.Cl. The molecule has 1 aromatic rings. The molecule has 144 valence electrons. The van der Waals surface area contributed by atoms with Gasteiger partial charge < -0.3 is 20.5 Å². The molecule has 0 bridgehead atoms. The van der Waals surface area contributed by atoms with Gasteiger partial charge in [-0.1, -0.05) is 12.1 Å². The van der Waals surface area contributed by atoms with Crippen molar-refractivity contribution in [3.8, 4) is 0 Å². The first kappa shape index (κ1) is 24.1. The number of nitrogens with two attached hydrogens (primary N) is 1. The summed E-state index contributed by atoms with van der Waals surface area (Å²) in [5.41, 5.74) is 7.65. The van der Waals surface area contributed by atoms with Gasteiger partial charge in [0.1, 0.15) is 6.04 Å². The lowest BCUT2D eigenvalue weighted by Gasteiger charge is -2.35. The number of benzene rings is 1. The molecule has 2 rings (SSSR count). The summed E-state index contributed by atoms with van der Waals surface area (Å²) in [5, 5.41) is 2.83. The van der Waals surface area contributed by atoms with Gasteiger partial charge in [0.25, 0.3) is 0 Å². The van der Waals surface area contributed by atoms with Crippen LogP contribution < -0.4 is 11.1 Å². The lowest BCUT2D eigenvalue weighted by atomic mass is 10.1. The first-order chi connectivity index (χ1) is 11.0. The fraction of sp³-hybridized carbons (Fsp3) is 0.588. The van der Waals surface area contributed by atoms with Crippen molar-refractivity contribution in [2.75, 3.05) is 32.1 Å². The van der Waals surface area contributed by atoms with Crippen molar-refractivity contribution in [3.63, 3.8) is 0 Å². The number of methoxy groups -OCH3 is 1. The first-order valence-corrected chi connectivity index (χ1v) is 8.00. The number of hydrogen-bond acceptors (Lipinski definition) is 5. The van der Waals surface area contributed by atoms with Crippen LogP contribution >= 0.6 is 24.8 Å². The number of nitrogens with one attached hydrogen (secondary N) is 1. The standard InChI is InChI=1S/C17H27N3O3.2ClH/c1-12-8-20(9-13(2)23-12)10-14-5-4-6-15(7-14)19-17(21)16(18)11-22-3;;/h4-7,12-13,16H,8-11,18H2,1-3H3,(H,19,21);2*1H. The molecule has 25 heavy (non-hydrogen) atoms. The molecule has 3 atom stereocenters. The summed E-state index contributed by atoms with van der Waals surface area (Å²) >= 11 is 0. The van der Waals surface area contributed by atoms with Crippen molar-refractivity contribution in [1.29, 1.82) is 0 Å². The third kappa shape index (κ3) is 7.90. The summed E-state index contributed by atoms with van der Waals surface area (Å²) in [6, 6.07) is 7.20. The molecule has 0 radical (unpaired) electrons. The lowest BCUT2D eigenvalue weighted by molar-refractivity contribution is -0.118. The van der Waals surface area contributed by atoms with Gasteiger partial charge in [-0.3, -0.25) is 9.69 Å². The average molecular weight is 394 g/mol. The number of rotatable bonds is 6. The maximum absolute atomic E-state index is 11.9. The van der Waals surface area contributed by atoms with Crippen LogP contribution in [0.1, 0.15) is 19.4 Å². The maximum Gasteiger partial charge on any atom is 0.243 e. The van der Waals surface area contributed by atoms with E-state index < -0.39 is 6.04 Å². The molecule has 0 saturated carbocycles. The number of carbonyl (C=O) groups excluding carboxylic acids is 1. The topological polar surface area (TPSA) is 76.8 Å². The Kier molecular flexibility index (Phi) is 11.3. The minimum absolute atomic E-state index is 0. The quantitative estimate of drug-likeness (QED) is 0.773. The van der Waals surface area contributed by atoms with Crippen LogP contribution in [0.3, 0.4) is 0 Å². The van der Waals surface area contributed by atoms with E-state index in [1.165, 1.54) is 7.11 Å². The zero-order chi connectivity index (χ0) is 16.8. The Morgan fingerprint density at radius 1 is 1.36 bits per heavy atom. The Hall–Kier alpha value is -0.890. The molecule has 8 heteroatoms. The number of anilines is 1. The normalized spacial score (nSPS) is 21.6. The second kappa shape index (κ2) is 11.7. The Bertz CT molecular complexity index is 524. The summed E-state index contributed by atoms with van der Waals surface area (Å²) in [6.45, 7) is 7.06. The van der Waals surface area contributed by atoms with Crippen LogP contribution in [0, 0.1) is 0 Å². The highest BCUT2D eigenvalue weighted by molar-refractivity contribution is 5.94. The molecule has 1 aliphatic heterocycles. The first-order valence-electron chi connectivity index (χ1n) is 8.00. The van der Waals surface area contributed by atoms with Crippen molar-refractivity contribution in [3.05, 3.63) is 29.8 Å². The molecule has 1 aliphatic rings. The van der Waals surface area contributed by atoms with Gasteiger partial charge in [-0.05, 0) is 31.5 Å². The number of ether oxygens (including phenoxy) is 2. The van der Waals surface area contributed by atoms with Crippen LogP contribution in [0.2, 0.25) is 0 Å². The van der Waals surface area contributed by atoms with E-state index in [4.69, 9.17) is 15.2 Å². The summed E-state index contributed by atoms with van der Waals surface area (Å²) in [4.78, 5) is 14.3. The Morgan fingerprint density at radius 3 is 2.60 bits per heavy atom.